The maximum Gasteiger partial charge on any atom is 0.193 e. The first-order chi connectivity index (χ1) is 11.1. The van der Waals surface area contributed by atoms with Crippen LogP contribution in [0.1, 0.15) is 44.6 Å². The first-order valence-electron chi connectivity index (χ1n) is 8.73. The molecule has 128 valence electrons. The molecule has 1 unspecified atom stereocenters. The minimum Gasteiger partial charge on any atom is -0.497 e. The Bertz CT molecular complexity index is 496. The van der Waals surface area contributed by atoms with Crippen molar-refractivity contribution in [3.63, 3.8) is 0 Å². The summed E-state index contributed by atoms with van der Waals surface area (Å²) in [5.41, 5.74) is 1.39. The maximum atomic E-state index is 5.24. The lowest BCUT2D eigenvalue weighted by molar-refractivity contribution is 0.414. The number of likely N-dealkylation sites (tertiary alicyclic amines) is 1. The summed E-state index contributed by atoms with van der Waals surface area (Å²) < 4.78 is 5.24. The fourth-order valence-electron chi connectivity index (χ4n) is 3.14. The van der Waals surface area contributed by atoms with E-state index in [9.17, 15) is 0 Å². The normalized spacial score (nSPS) is 18.6. The van der Waals surface area contributed by atoms with Crippen LogP contribution in [0.25, 0.3) is 0 Å². The molecule has 0 amide bonds. The number of hydrogen-bond donors (Lipinski definition) is 1. The quantitative estimate of drug-likeness (QED) is 0.496. The van der Waals surface area contributed by atoms with Gasteiger partial charge < -0.3 is 15.0 Å². The van der Waals surface area contributed by atoms with E-state index in [-0.39, 0.29) is 0 Å². The van der Waals surface area contributed by atoms with Crippen molar-refractivity contribution in [2.75, 3.05) is 33.8 Å². The average Bonchev–Trinajstić information content (AvgIpc) is 3.04. The third-order valence-electron chi connectivity index (χ3n) is 4.53. The van der Waals surface area contributed by atoms with E-state index in [2.05, 4.69) is 53.3 Å². The summed E-state index contributed by atoms with van der Waals surface area (Å²) in [5.74, 6) is 3.32. The van der Waals surface area contributed by atoms with E-state index in [4.69, 9.17) is 4.74 Å². The minimum absolute atomic E-state index is 0.579. The summed E-state index contributed by atoms with van der Waals surface area (Å²) in [7, 11) is 3.59. The van der Waals surface area contributed by atoms with Crippen LogP contribution in [-0.4, -0.2) is 44.7 Å². The van der Waals surface area contributed by atoms with Crippen LogP contribution in [0.15, 0.2) is 29.3 Å². The van der Waals surface area contributed by atoms with Gasteiger partial charge in [-0.25, -0.2) is 0 Å². The topological polar surface area (TPSA) is 36.9 Å². The second-order valence-corrected chi connectivity index (χ2v) is 6.71. The Labute approximate surface area is 140 Å². The highest BCUT2D eigenvalue weighted by atomic mass is 16.5. The Morgan fingerprint density at radius 3 is 2.70 bits per heavy atom. The van der Waals surface area contributed by atoms with Crippen LogP contribution in [0.4, 0.5) is 0 Å². The smallest absolute Gasteiger partial charge is 0.193 e. The number of methoxy groups -OCH3 is 1. The maximum absolute atomic E-state index is 5.24. The predicted octanol–water partition coefficient (Wildman–Crippen LogP) is 3.50. The number of guanidine groups is 1. The van der Waals surface area contributed by atoms with Gasteiger partial charge >= 0.3 is 0 Å². The summed E-state index contributed by atoms with van der Waals surface area (Å²) in [5, 5.41) is 3.51. The zero-order chi connectivity index (χ0) is 16.7. The SMILES string of the molecule is CN=C(NCCCC(C)C)N1CCC(c2ccc(OC)cc2)C1. The molecular formula is C19H31N3O. The van der Waals surface area contributed by atoms with Crippen LogP contribution in [0.2, 0.25) is 0 Å². The van der Waals surface area contributed by atoms with Crippen molar-refractivity contribution in [1.29, 1.82) is 0 Å². The molecule has 1 N–H and O–H groups in total. The minimum atomic E-state index is 0.579. The van der Waals surface area contributed by atoms with Gasteiger partial charge in [-0.3, -0.25) is 4.99 Å². The monoisotopic (exact) mass is 317 g/mol. The van der Waals surface area contributed by atoms with Crippen molar-refractivity contribution in [3.05, 3.63) is 29.8 Å². The third-order valence-corrected chi connectivity index (χ3v) is 4.53. The van der Waals surface area contributed by atoms with Crippen LogP contribution < -0.4 is 10.1 Å². The fraction of sp³-hybridized carbons (Fsp3) is 0.632. The Hall–Kier alpha value is -1.71. The number of nitrogens with one attached hydrogen (secondary N) is 1. The average molecular weight is 317 g/mol. The predicted molar refractivity (Wildman–Crippen MR) is 97.4 cm³/mol. The third kappa shape index (κ3) is 5.15. The zero-order valence-corrected chi connectivity index (χ0v) is 15.0. The molecular weight excluding hydrogens is 286 g/mol. The second kappa shape index (κ2) is 8.80. The highest BCUT2D eigenvalue weighted by molar-refractivity contribution is 5.80. The van der Waals surface area contributed by atoms with Gasteiger partial charge in [-0.1, -0.05) is 26.0 Å². The van der Waals surface area contributed by atoms with Crippen molar-refractivity contribution >= 4 is 5.96 Å². The molecule has 0 aromatic heterocycles. The molecule has 1 atom stereocenters. The first-order valence-corrected chi connectivity index (χ1v) is 8.73. The molecule has 0 radical (unpaired) electrons. The van der Waals surface area contributed by atoms with E-state index in [0.717, 1.165) is 37.3 Å². The van der Waals surface area contributed by atoms with E-state index in [1.54, 1.807) is 7.11 Å². The van der Waals surface area contributed by atoms with E-state index < -0.39 is 0 Å². The number of rotatable bonds is 6. The highest BCUT2D eigenvalue weighted by Gasteiger charge is 2.25. The molecule has 4 nitrogen and oxygen atoms in total. The Balaban J connectivity index is 1.84. The molecule has 1 aliphatic rings. The number of nitrogens with zero attached hydrogens (tertiary/aromatic N) is 2. The summed E-state index contributed by atoms with van der Waals surface area (Å²) in [6.45, 7) is 7.66. The molecule has 4 heteroatoms. The van der Waals surface area contributed by atoms with Crippen LogP contribution in [0, 0.1) is 5.92 Å². The lowest BCUT2D eigenvalue weighted by Crippen LogP contribution is -2.40. The molecule has 2 rings (SSSR count). The number of benzene rings is 1. The molecule has 0 spiro atoms. The van der Waals surface area contributed by atoms with Gasteiger partial charge in [0.25, 0.3) is 0 Å². The Morgan fingerprint density at radius 2 is 2.09 bits per heavy atom. The van der Waals surface area contributed by atoms with Crippen LogP contribution >= 0.6 is 0 Å². The van der Waals surface area contributed by atoms with Gasteiger partial charge in [-0.2, -0.15) is 0 Å². The van der Waals surface area contributed by atoms with Gasteiger partial charge in [0.1, 0.15) is 5.75 Å². The second-order valence-electron chi connectivity index (χ2n) is 6.71. The van der Waals surface area contributed by atoms with E-state index in [1.807, 2.05) is 7.05 Å². The van der Waals surface area contributed by atoms with Gasteiger partial charge in [0.15, 0.2) is 5.96 Å². The van der Waals surface area contributed by atoms with Gasteiger partial charge in [-0.15, -0.1) is 0 Å². The standard InChI is InChI=1S/C19H31N3O/c1-15(2)6-5-12-21-19(20-3)22-13-11-17(14-22)16-7-9-18(23-4)10-8-16/h7-10,15,17H,5-6,11-14H2,1-4H3,(H,20,21). The van der Waals surface area contributed by atoms with Gasteiger partial charge in [0.2, 0.25) is 0 Å². The molecule has 1 aromatic carbocycles. The van der Waals surface area contributed by atoms with E-state index >= 15 is 0 Å². The highest BCUT2D eigenvalue weighted by Crippen LogP contribution is 2.28. The van der Waals surface area contributed by atoms with Crippen molar-refractivity contribution in [3.8, 4) is 5.75 Å². The molecule has 1 saturated heterocycles. The number of hydrogen-bond acceptors (Lipinski definition) is 2. The number of aliphatic imine (C=N–C) groups is 1. The zero-order valence-electron chi connectivity index (χ0n) is 15.0. The van der Waals surface area contributed by atoms with Crippen molar-refractivity contribution in [2.45, 2.75) is 39.0 Å². The van der Waals surface area contributed by atoms with Crippen molar-refractivity contribution in [1.82, 2.24) is 10.2 Å². The summed E-state index contributed by atoms with van der Waals surface area (Å²) >= 11 is 0. The molecule has 1 aliphatic heterocycles. The molecule has 1 aromatic rings. The van der Waals surface area contributed by atoms with Crippen LogP contribution in [0.5, 0.6) is 5.75 Å². The summed E-state index contributed by atoms with van der Waals surface area (Å²) in [4.78, 5) is 6.83. The molecule has 23 heavy (non-hydrogen) atoms. The fourth-order valence-corrected chi connectivity index (χ4v) is 3.14. The molecule has 1 fully saturated rings. The van der Waals surface area contributed by atoms with E-state index in [1.165, 1.54) is 24.8 Å². The van der Waals surface area contributed by atoms with Gasteiger partial charge in [-0.05, 0) is 42.9 Å². The summed E-state index contributed by atoms with van der Waals surface area (Å²) in [6, 6.07) is 8.48. The van der Waals surface area contributed by atoms with Crippen LogP contribution in [-0.2, 0) is 0 Å². The Kier molecular flexibility index (Phi) is 6.75. The Morgan fingerprint density at radius 1 is 1.35 bits per heavy atom. The molecule has 0 bridgehead atoms. The molecule has 0 saturated carbocycles. The van der Waals surface area contributed by atoms with Crippen molar-refractivity contribution < 1.29 is 4.74 Å². The van der Waals surface area contributed by atoms with Crippen LogP contribution in [0.3, 0.4) is 0 Å². The van der Waals surface area contributed by atoms with Crippen molar-refractivity contribution in [2.24, 2.45) is 10.9 Å². The lowest BCUT2D eigenvalue weighted by Gasteiger charge is -2.22. The molecule has 1 heterocycles. The largest absolute Gasteiger partial charge is 0.497 e. The summed E-state index contributed by atoms with van der Waals surface area (Å²) in [6.07, 6.45) is 3.64. The van der Waals surface area contributed by atoms with Gasteiger partial charge in [0, 0.05) is 32.6 Å². The molecule has 0 aliphatic carbocycles. The van der Waals surface area contributed by atoms with Gasteiger partial charge in [0.05, 0.1) is 7.11 Å². The number of ether oxygens (including phenoxy) is 1. The first kappa shape index (κ1) is 17.6. The van der Waals surface area contributed by atoms with E-state index in [0.29, 0.717) is 5.92 Å². The lowest BCUT2D eigenvalue weighted by atomic mass is 9.98.